The highest BCUT2D eigenvalue weighted by Crippen LogP contribution is 2.30. The summed E-state index contributed by atoms with van der Waals surface area (Å²) in [6.07, 6.45) is -0.494. The highest BCUT2D eigenvalue weighted by atomic mass is 19.3. The summed E-state index contributed by atoms with van der Waals surface area (Å²) >= 11 is 0. The lowest BCUT2D eigenvalue weighted by atomic mass is 10.0. The van der Waals surface area contributed by atoms with Gasteiger partial charge in [0.2, 0.25) is 5.82 Å². The molecule has 0 aromatic heterocycles. The summed E-state index contributed by atoms with van der Waals surface area (Å²) in [7, 11) is 0. The first kappa shape index (κ1) is 23.3. The number of alkyl halides is 2. The van der Waals surface area contributed by atoms with Crippen LogP contribution in [-0.2, 0) is 6.42 Å². The Morgan fingerprint density at radius 3 is 2.19 bits per heavy atom. The van der Waals surface area contributed by atoms with Crippen molar-refractivity contribution < 1.29 is 31.4 Å². The number of hydrogen-bond acceptors (Lipinski definition) is 2. The van der Waals surface area contributed by atoms with Crippen LogP contribution >= 0.6 is 0 Å². The number of aryl methyl sites for hydroxylation is 2. The van der Waals surface area contributed by atoms with E-state index in [2.05, 4.69) is 16.1 Å². The lowest BCUT2D eigenvalue weighted by Gasteiger charge is -2.19. The Kier molecular flexibility index (Phi) is 7.18. The molecule has 2 nitrogen and oxygen atoms in total. The molecular formula is C25H21F5O2. The zero-order valence-electron chi connectivity index (χ0n) is 17.3. The Hall–Kier alpha value is -3.35. The first-order valence-corrected chi connectivity index (χ1v) is 9.84. The molecule has 0 aliphatic carbocycles. The Balaban J connectivity index is 1.68. The molecule has 0 saturated carbocycles. The molecule has 168 valence electrons. The predicted molar refractivity (Wildman–Crippen MR) is 113 cm³/mol. The standard InChI is InChI=1S/C25H21F5O2/c1-3-4-5-17-7-9-18(10-8-17)19-11-13-21(20(26)14-19)32-25(29,30)15-31-22-12-6-16(2)23(27)24(22)28/h3,6-14H,1,4-5,15H2,2H3. The molecular weight excluding hydrogens is 427 g/mol. The van der Waals surface area contributed by atoms with Gasteiger partial charge in [-0.25, -0.2) is 8.78 Å². The van der Waals surface area contributed by atoms with Gasteiger partial charge in [0.15, 0.2) is 29.7 Å². The van der Waals surface area contributed by atoms with Crippen LogP contribution < -0.4 is 9.47 Å². The molecule has 0 saturated heterocycles. The van der Waals surface area contributed by atoms with Crippen LogP contribution in [0.2, 0.25) is 0 Å². The Bertz CT molecular complexity index is 1090. The third kappa shape index (κ3) is 5.66. The van der Waals surface area contributed by atoms with Gasteiger partial charge in [-0.3, -0.25) is 0 Å². The summed E-state index contributed by atoms with van der Waals surface area (Å²) in [6, 6.07) is 13.3. The van der Waals surface area contributed by atoms with Gasteiger partial charge in [-0.2, -0.15) is 13.2 Å². The largest absolute Gasteiger partial charge is 0.480 e. The van der Waals surface area contributed by atoms with Crippen molar-refractivity contribution >= 4 is 0 Å². The molecule has 0 atom stereocenters. The van der Waals surface area contributed by atoms with E-state index in [0.717, 1.165) is 36.6 Å². The average Bonchev–Trinajstić information content (AvgIpc) is 2.77. The Morgan fingerprint density at radius 2 is 1.53 bits per heavy atom. The predicted octanol–water partition coefficient (Wildman–Crippen LogP) is 7.25. The topological polar surface area (TPSA) is 18.5 Å². The van der Waals surface area contributed by atoms with Crippen molar-refractivity contribution in [2.45, 2.75) is 25.9 Å². The second kappa shape index (κ2) is 9.85. The molecule has 32 heavy (non-hydrogen) atoms. The monoisotopic (exact) mass is 448 g/mol. The molecule has 7 heteroatoms. The van der Waals surface area contributed by atoms with Crippen LogP contribution in [0.3, 0.4) is 0 Å². The number of ether oxygens (including phenoxy) is 2. The van der Waals surface area contributed by atoms with Crippen molar-refractivity contribution in [3.8, 4) is 22.6 Å². The van der Waals surface area contributed by atoms with Gasteiger partial charge >= 0.3 is 6.11 Å². The van der Waals surface area contributed by atoms with E-state index >= 15 is 0 Å². The second-order valence-electron chi connectivity index (χ2n) is 7.21. The molecule has 0 heterocycles. The van der Waals surface area contributed by atoms with E-state index in [1.807, 2.05) is 30.3 Å². The minimum absolute atomic E-state index is 0.00595. The van der Waals surface area contributed by atoms with Gasteiger partial charge in [-0.05, 0) is 60.2 Å². The van der Waals surface area contributed by atoms with Crippen LogP contribution in [0.15, 0.2) is 67.3 Å². The van der Waals surface area contributed by atoms with E-state index in [-0.39, 0.29) is 5.56 Å². The molecule has 0 N–H and O–H groups in total. The summed E-state index contributed by atoms with van der Waals surface area (Å²) in [4.78, 5) is 0. The molecule has 0 fully saturated rings. The fraction of sp³-hybridized carbons (Fsp3) is 0.200. The third-order valence-electron chi connectivity index (χ3n) is 4.75. The minimum atomic E-state index is -3.98. The average molecular weight is 448 g/mol. The van der Waals surface area contributed by atoms with E-state index in [9.17, 15) is 22.0 Å². The van der Waals surface area contributed by atoms with Gasteiger partial charge in [0, 0.05) is 0 Å². The van der Waals surface area contributed by atoms with Crippen LogP contribution in [0.25, 0.3) is 11.1 Å². The third-order valence-corrected chi connectivity index (χ3v) is 4.75. The van der Waals surface area contributed by atoms with Crippen molar-refractivity contribution in [2.24, 2.45) is 0 Å². The van der Waals surface area contributed by atoms with Crippen LogP contribution in [0, 0.1) is 24.4 Å². The van der Waals surface area contributed by atoms with E-state index in [0.29, 0.717) is 11.1 Å². The minimum Gasteiger partial charge on any atom is -0.480 e. The molecule has 0 unspecified atom stereocenters. The first-order chi connectivity index (χ1) is 15.2. The fourth-order valence-corrected chi connectivity index (χ4v) is 2.99. The highest BCUT2D eigenvalue weighted by molar-refractivity contribution is 5.64. The fourth-order valence-electron chi connectivity index (χ4n) is 2.99. The lowest BCUT2D eigenvalue weighted by molar-refractivity contribution is -0.197. The summed E-state index contributed by atoms with van der Waals surface area (Å²) in [6.45, 7) is 3.57. The molecule has 0 radical (unpaired) electrons. The zero-order chi connectivity index (χ0) is 23.3. The van der Waals surface area contributed by atoms with Crippen molar-refractivity contribution in [2.75, 3.05) is 6.61 Å². The molecule has 3 rings (SSSR count). The van der Waals surface area contributed by atoms with Gasteiger partial charge in [-0.1, -0.05) is 42.5 Å². The maximum Gasteiger partial charge on any atom is 0.433 e. The smallest absolute Gasteiger partial charge is 0.433 e. The molecule has 0 spiro atoms. The second-order valence-corrected chi connectivity index (χ2v) is 7.21. The highest BCUT2D eigenvalue weighted by Gasteiger charge is 2.34. The molecule has 0 aliphatic rings. The number of allylic oxidation sites excluding steroid dienone is 1. The van der Waals surface area contributed by atoms with Gasteiger partial charge in [0.1, 0.15) is 0 Å². The zero-order valence-corrected chi connectivity index (χ0v) is 17.3. The molecule has 0 aliphatic heterocycles. The summed E-state index contributed by atoms with van der Waals surface area (Å²) < 4.78 is 79.1. The normalized spacial score (nSPS) is 11.3. The Morgan fingerprint density at radius 1 is 0.875 bits per heavy atom. The van der Waals surface area contributed by atoms with E-state index < -0.39 is 41.7 Å². The summed E-state index contributed by atoms with van der Waals surface area (Å²) in [5.41, 5.74) is 2.30. The van der Waals surface area contributed by atoms with E-state index in [1.54, 1.807) is 0 Å². The quantitative estimate of drug-likeness (QED) is 0.254. The summed E-state index contributed by atoms with van der Waals surface area (Å²) in [5.74, 6) is -4.95. The number of rotatable bonds is 9. The van der Waals surface area contributed by atoms with Crippen molar-refractivity contribution in [1.82, 2.24) is 0 Å². The van der Waals surface area contributed by atoms with Crippen LogP contribution in [-0.4, -0.2) is 12.7 Å². The van der Waals surface area contributed by atoms with Crippen LogP contribution in [0.5, 0.6) is 11.5 Å². The molecule has 0 bridgehead atoms. The number of benzene rings is 3. The number of halogens is 5. The van der Waals surface area contributed by atoms with Crippen molar-refractivity contribution in [1.29, 1.82) is 0 Å². The molecule has 3 aromatic rings. The van der Waals surface area contributed by atoms with E-state index in [4.69, 9.17) is 0 Å². The van der Waals surface area contributed by atoms with Crippen molar-refractivity contribution in [3.05, 3.63) is 95.8 Å². The van der Waals surface area contributed by atoms with Crippen LogP contribution in [0.1, 0.15) is 17.5 Å². The number of hydrogen-bond donors (Lipinski definition) is 0. The Labute approximate surface area is 182 Å². The van der Waals surface area contributed by atoms with E-state index in [1.165, 1.54) is 19.1 Å². The summed E-state index contributed by atoms with van der Waals surface area (Å²) in [5, 5.41) is 0. The van der Waals surface area contributed by atoms with Gasteiger partial charge in [0.05, 0.1) is 0 Å². The maximum absolute atomic E-state index is 14.4. The lowest BCUT2D eigenvalue weighted by Crippen LogP contribution is -2.33. The molecule has 3 aromatic carbocycles. The van der Waals surface area contributed by atoms with Gasteiger partial charge in [0.25, 0.3) is 0 Å². The molecule has 0 amide bonds. The first-order valence-electron chi connectivity index (χ1n) is 9.84. The van der Waals surface area contributed by atoms with Crippen LogP contribution in [0.4, 0.5) is 22.0 Å². The van der Waals surface area contributed by atoms with Gasteiger partial charge < -0.3 is 9.47 Å². The SMILES string of the molecule is C=CCCc1ccc(-c2ccc(OC(F)(F)COc3ccc(C)c(F)c3F)c(F)c2)cc1. The van der Waals surface area contributed by atoms with Crippen molar-refractivity contribution in [3.63, 3.8) is 0 Å². The maximum atomic E-state index is 14.4. The van der Waals surface area contributed by atoms with Gasteiger partial charge in [-0.15, -0.1) is 6.58 Å².